The summed E-state index contributed by atoms with van der Waals surface area (Å²) in [5.74, 6) is 0.753. The van der Waals surface area contributed by atoms with Crippen molar-refractivity contribution in [3.63, 3.8) is 0 Å². The number of aliphatic hydroxyl groups is 1. The van der Waals surface area contributed by atoms with Crippen LogP contribution in [0.2, 0.25) is 5.02 Å². The van der Waals surface area contributed by atoms with Crippen molar-refractivity contribution in [1.29, 1.82) is 0 Å². The monoisotopic (exact) mass is 325 g/mol. The molecule has 0 saturated heterocycles. The number of halogens is 1. The third kappa shape index (κ3) is 3.95. The second kappa shape index (κ2) is 7.20. The first-order chi connectivity index (χ1) is 10.4. The van der Waals surface area contributed by atoms with Gasteiger partial charge in [0.25, 0.3) is 0 Å². The van der Waals surface area contributed by atoms with Gasteiger partial charge < -0.3 is 15.2 Å². The van der Waals surface area contributed by atoms with E-state index in [1.807, 2.05) is 13.0 Å². The molecule has 0 amide bonds. The molecule has 22 heavy (non-hydrogen) atoms. The molecule has 4 heteroatoms. The van der Waals surface area contributed by atoms with Crippen molar-refractivity contribution in [3.05, 3.63) is 28.3 Å². The van der Waals surface area contributed by atoms with Gasteiger partial charge in [0.1, 0.15) is 5.75 Å². The summed E-state index contributed by atoms with van der Waals surface area (Å²) in [6.07, 6.45) is 4.67. The molecule has 1 atom stereocenters. The lowest BCUT2D eigenvalue weighted by Gasteiger charge is -2.37. The number of hydrogen-bond acceptors (Lipinski definition) is 3. The van der Waals surface area contributed by atoms with E-state index in [0.29, 0.717) is 11.1 Å². The summed E-state index contributed by atoms with van der Waals surface area (Å²) >= 11 is 6.29. The second-order valence-corrected chi connectivity index (χ2v) is 7.00. The molecular formula is C18H28ClNO2. The summed E-state index contributed by atoms with van der Waals surface area (Å²) in [6.45, 7) is 6.25. The fourth-order valence-corrected chi connectivity index (χ4v) is 3.74. The molecule has 2 N–H and O–H groups in total. The summed E-state index contributed by atoms with van der Waals surface area (Å²) in [5.41, 5.74) is 1.80. The van der Waals surface area contributed by atoms with E-state index in [2.05, 4.69) is 25.2 Å². The molecule has 1 aromatic carbocycles. The fraction of sp³-hybridized carbons (Fsp3) is 0.667. The normalized spacial score (nSPS) is 26.7. The van der Waals surface area contributed by atoms with Gasteiger partial charge in [-0.25, -0.2) is 0 Å². The lowest BCUT2D eigenvalue weighted by atomic mass is 9.80. The number of benzene rings is 1. The Morgan fingerprint density at radius 1 is 1.41 bits per heavy atom. The van der Waals surface area contributed by atoms with Crippen LogP contribution in [0, 0.1) is 6.92 Å². The first kappa shape index (κ1) is 17.6. The van der Waals surface area contributed by atoms with Crippen LogP contribution < -0.4 is 10.1 Å². The van der Waals surface area contributed by atoms with Gasteiger partial charge in [-0.05, 0) is 63.1 Å². The minimum Gasteiger partial charge on any atom is -0.495 e. The van der Waals surface area contributed by atoms with Crippen molar-refractivity contribution >= 4 is 11.6 Å². The first-order valence-corrected chi connectivity index (χ1v) is 8.59. The van der Waals surface area contributed by atoms with Crippen LogP contribution in [-0.2, 0) is 0 Å². The summed E-state index contributed by atoms with van der Waals surface area (Å²) in [7, 11) is 1.65. The van der Waals surface area contributed by atoms with E-state index in [1.54, 1.807) is 7.11 Å². The largest absolute Gasteiger partial charge is 0.495 e. The minimum absolute atomic E-state index is 0.236. The molecule has 1 aromatic rings. The molecule has 1 unspecified atom stereocenters. The molecule has 0 radical (unpaired) electrons. The lowest BCUT2D eigenvalue weighted by Crippen LogP contribution is -2.41. The highest BCUT2D eigenvalue weighted by Gasteiger charge is 2.31. The Bertz CT molecular complexity index is 487. The van der Waals surface area contributed by atoms with E-state index in [1.165, 1.54) is 5.56 Å². The van der Waals surface area contributed by atoms with Crippen molar-refractivity contribution in [3.8, 4) is 5.75 Å². The maximum absolute atomic E-state index is 10.3. The molecule has 2 rings (SSSR count). The van der Waals surface area contributed by atoms with Gasteiger partial charge in [0.15, 0.2) is 0 Å². The number of ether oxygens (including phenoxy) is 1. The average Bonchev–Trinajstić information content (AvgIpc) is 2.49. The maximum Gasteiger partial charge on any atom is 0.140 e. The maximum atomic E-state index is 10.3. The van der Waals surface area contributed by atoms with Crippen LogP contribution in [-0.4, -0.2) is 23.9 Å². The SMILES string of the molecule is CCC1(O)CCC(NC(C)c2cc(C)c(OC)c(Cl)c2)CC1. The van der Waals surface area contributed by atoms with Gasteiger partial charge in [-0.3, -0.25) is 0 Å². The van der Waals surface area contributed by atoms with Crippen LogP contribution in [0.15, 0.2) is 12.1 Å². The molecule has 0 aromatic heterocycles. The highest BCUT2D eigenvalue weighted by Crippen LogP contribution is 2.34. The van der Waals surface area contributed by atoms with Gasteiger partial charge >= 0.3 is 0 Å². The topological polar surface area (TPSA) is 41.5 Å². The van der Waals surface area contributed by atoms with Crippen molar-refractivity contribution in [2.75, 3.05) is 7.11 Å². The van der Waals surface area contributed by atoms with Crippen LogP contribution in [0.25, 0.3) is 0 Å². The third-order valence-electron chi connectivity index (χ3n) is 5.02. The van der Waals surface area contributed by atoms with Gasteiger partial charge in [0, 0.05) is 12.1 Å². The second-order valence-electron chi connectivity index (χ2n) is 6.59. The zero-order chi connectivity index (χ0) is 16.3. The van der Waals surface area contributed by atoms with Gasteiger partial charge in [-0.15, -0.1) is 0 Å². The van der Waals surface area contributed by atoms with E-state index in [4.69, 9.17) is 16.3 Å². The zero-order valence-corrected chi connectivity index (χ0v) is 14.8. The minimum atomic E-state index is -0.443. The van der Waals surface area contributed by atoms with Gasteiger partial charge in [0.2, 0.25) is 0 Å². The number of rotatable bonds is 5. The van der Waals surface area contributed by atoms with Crippen molar-refractivity contribution in [2.24, 2.45) is 0 Å². The Hall–Kier alpha value is -0.770. The van der Waals surface area contributed by atoms with E-state index in [-0.39, 0.29) is 6.04 Å². The molecule has 124 valence electrons. The summed E-state index contributed by atoms with van der Waals surface area (Å²) in [5, 5.41) is 14.7. The molecule has 1 fully saturated rings. The Morgan fingerprint density at radius 2 is 2.05 bits per heavy atom. The molecule has 0 aliphatic heterocycles. The van der Waals surface area contributed by atoms with Gasteiger partial charge in [0.05, 0.1) is 17.7 Å². The van der Waals surface area contributed by atoms with Crippen molar-refractivity contribution in [1.82, 2.24) is 5.32 Å². The van der Waals surface area contributed by atoms with Crippen LogP contribution in [0.5, 0.6) is 5.75 Å². The molecule has 0 spiro atoms. The molecule has 0 bridgehead atoms. The van der Waals surface area contributed by atoms with E-state index in [0.717, 1.165) is 43.4 Å². The Morgan fingerprint density at radius 3 is 2.55 bits per heavy atom. The average molecular weight is 326 g/mol. The summed E-state index contributed by atoms with van der Waals surface area (Å²) < 4.78 is 5.32. The van der Waals surface area contributed by atoms with Gasteiger partial charge in [-0.1, -0.05) is 24.6 Å². The standard InChI is InChI=1S/C18H28ClNO2/c1-5-18(21)8-6-15(7-9-18)20-13(3)14-10-12(2)17(22-4)16(19)11-14/h10-11,13,15,20-21H,5-9H2,1-4H3. The quantitative estimate of drug-likeness (QED) is 0.843. The zero-order valence-electron chi connectivity index (χ0n) is 14.1. The molecule has 3 nitrogen and oxygen atoms in total. The van der Waals surface area contributed by atoms with E-state index >= 15 is 0 Å². The van der Waals surface area contributed by atoms with Crippen molar-refractivity contribution in [2.45, 2.75) is 70.6 Å². The number of aryl methyl sites for hydroxylation is 1. The van der Waals surface area contributed by atoms with Crippen LogP contribution in [0.3, 0.4) is 0 Å². The Balaban J connectivity index is 2.00. The summed E-state index contributed by atoms with van der Waals surface area (Å²) in [6, 6.07) is 4.81. The molecule has 0 heterocycles. The predicted molar refractivity (Wildman–Crippen MR) is 91.8 cm³/mol. The number of nitrogens with one attached hydrogen (secondary N) is 1. The fourth-order valence-electron chi connectivity index (χ4n) is 3.39. The summed E-state index contributed by atoms with van der Waals surface area (Å²) in [4.78, 5) is 0. The van der Waals surface area contributed by atoms with E-state index in [9.17, 15) is 5.11 Å². The highest BCUT2D eigenvalue weighted by atomic mass is 35.5. The lowest BCUT2D eigenvalue weighted by molar-refractivity contribution is -0.00765. The van der Waals surface area contributed by atoms with Crippen molar-refractivity contribution < 1.29 is 9.84 Å². The predicted octanol–water partition coefficient (Wildman–Crippen LogP) is 4.39. The van der Waals surface area contributed by atoms with Crippen LogP contribution in [0.1, 0.15) is 63.1 Å². The molecular weight excluding hydrogens is 298 g/mol. The Kier molecular flexibility index (Phi) is 5.76. The molecule has 1 aliphatic carbocycles. The van der Waals surface area contributed by atoms with Gasteiger partial charge in [-0.2, -0.15) is 0 Å². The van der Waals surface area contributed by atoms with E-state index < -0.39 is 5.60 Å². The van der Waals surface area contributed by atoms with Crippen LogP contribution >= 0.6 is 11.6 Å². The smallest absolute Gasteiger partial charge is 0.140 e. The highest BCUT2D eigenvalue weighted by molar-refractivity contribution is 6.32. The molecule has 1 aliphatic rings. The Labute approximate surface area is 139 Å². The third-order valence-corrected chi connectivity index (χ3v) is 5.30. The number of methoxy groups -OCH3 is 1. The first-order valence-electron chi connectivity index (χ1n) is 8.21. The van der Waals surface area contributed by atoms with Crippen LogP contribution in [0.4, 0.5) is 0 Å². The molecule has 1 saturated carbocycles. The number of hydrogen-bond donors (Lipinski definition) is 2.